The molecule has 1 rings (SSSR count). The Morgan fingerprint density at radius 1 is 1.27 bits per heavy atom. The van der Waals surface area contributed by atoms with Crippen LogP contribution in [-0.2, 0) is 11.2 Å². The second kappa shape index (κ2) is 7.04. The first-order chi connectivity index (χ1) is 7.36. The van der Waals surface area contributed by atoms with Crippen molar-refractivity contribution < 1.29 is 4.79 Å². The molecule has 0 fully saturated rings. The van der Waals surface area contributed by atoms with Gasteiger partial charge in [0, 0.05) is 5.69 Å². The molecule has 0 aliphatic carbocycles. The highest BCUT2D eigenvalue weighted by Crippen LogP contribution is 2.13. The molecule has 0 atom stereocenters. The van der Waals surface area contributed by atoms with Gasteiger partial charge in [0.15, 0.2) is 0 Å². The number of carbonyl (C=O) groups is 1. The summed E-state index contributed by atoms with van der Waals surface area (Å²) in [5, 5.41) is 2.67. The van der Waals surface area contributed by atoms with Crippen LogP contribution in [0.15, 0.2) is 24.3 Å². The van der Waals surface area contributed by atoms with E-state index in [9.17, 15) is 4.79 Å². The minimum Gasteiger partial charge on any atom is -0.329 e. The molecule has 0 saturated carbocycles. The molecule has 2 nitrogen and oxygen atoms in total. The molecule has 1 amide bonds. The third kappa shape index (κ3) is 4.63. The Balaban J connectivity index is 2.39. The predicted octanol–water partition coefficient (Wildman–Crippen LogP) is 3.38. The van der Waals surface area contributed by atoms with Gasteiger partial charge in [-0.3, -0.25) is 4.79 Å². The number of anilines is 1. The highest BCUT2D eigenvalue weighted by Gasteiger charge is 1.95. The van der Waals surface area contributed by atoms with Crippen LogP contribution in [0.25, 0.3) is 0 Å². The van der Waals surface area contributed by atoms with Gasteiger partial charge in [0.25, 0.3) is 0 Å². The first-order valence-corrected chi connectivity index (χ1v) is 5.66. The summed E-state index contributed by atoms with van der Waals surface area (Å²) in [6, 6.07) is 8.05. The van der Waals surface area contributed by atoms with Crippen LogP contribution in [0.3, 0.4) is 0 Å². The number of nitrogens with one attached hydrogen (secondary N) is 1. The molecule has 0 bridgehead atoms. The molecule has 82 valence electrons. The lowest BCUT2D eigenvalue weighted by Gasteiger charge is -2.03. The number of rotatable bonds is 7. The summed E-state index contributed by atoms with van der Waals surface area (Å²) >= 11 is 0. The molecule has 0 saturated heterocycles. The Morgan fingerprint density at radius 3 is 2.87 bits per heavy atom. The van der Waals surface area contributed by atoms with E-state index in [1.165, 1.54) is 31.2 Å². The first kappa shape index (κ1) is 11.8. The molecule has 15 heavy (non-hydrogen) atoms. The molecule has 0 heterocycles. The third-order valence-electron chi connectivity index (χ3n) is 2.47. The van der Waals surface area contributed by atoms with Crippen molar-refractivity contribution >= 4 is 12.1 Å². The highest BCUT2D eigenvalue weighted by molar-refractivity contribution is 5.71. The smallest absolute Gasteiger partial charge is 0.211 e. The molecular formula is C13H19NO. The van der Waals surface area contributed by atoms with Crippen LogP contribution in [0.4, 0.5) is 5.69 Å². The maximum Gasteiger partial charge on any atom is 0.211 e. The Hall–Kier alpha value is -1.31. The Morgan fingerprint density at radius 2 is 2.13 bits per heavy atom. The molecule has 0 aliphatic rings. The Bertz CT molecular complexity index is 296. The number of aryl methyl sites for hydroxylation is 1. The first-order valence-electron chi connectivity index (χ1n) is 5.66. The molecule has 0 radical (unpaired) electrons. The molecule has 1 aromatic carbocycles. The molecule has 1 aromatic rings. The highest BCUT2D eigenvalue weighted by atomic mass is 16.1. The SMILES string of the molecule is CCCCCCc1cccc(NC=O)c1. The van der Waals surface area contributed by atoms with Gasteiger partial charge in [0.05, 0.1) is 0 Å². The number of hydrogen-bond acceptors (Lipinski definition) is 1. The predicted molar refractivity (Wildman–Crippen MR) is 64.0 cm³/mol. The second-order valence-corrected chi connectivity index (χ2v) is 3.77. The van der Waals surface area contributed by atoms with Crippen LogP contribution in [-0.4, -0.2) is 6.41 Å². The number of hydrogen-bond donors (Lipinski definition) is 1. The number of carbonyl (C=O) groups excluding carboxylic acids is 1. The third-order valence-corrected chi connectivity index (χ3v) is 2.47. The molecule has 2 heteroatoms. The average Bonchev–Trinajstić information content (AvgIpc) is 2.26. The van der Waals surface area contributed by atoms with Gasteiger partial charge < -0.3 is 5.32 Å². The summed E-state index contributed by atoms with van der Waals surface area (Å²) in [6.45, 7) is 2.22. The fourth-order valence-electron chi connectivity index (χ4n) is 1.64. The number of amides is 1. The van der Waals surface area contributed by atoms with Crippen molar-refractivity contribution in [3.63, 3.8) is 0 Å². The topological polar surface area (TPSA) is 29.1 Å². The maximum atomic E-state index is 10.3. The molecule has 1 N–H and O–H groups in total. The van der Waals surface area contributed by atoms with Crippen LogP contribution in [0, 0.1) is 0 Å². The van der Waals surface area contributed by atoms with Crippen LogP contribution < -0.4 is 5.32 Å². The van der Waals surface area contributed by atoms with Crippen molar-refractivity contribution in [2.45, 2.75) is 39.0 Å². The van der Waals surface area contributed by atoms with Gasteiger partial charge in [-0.05, 0) is 30.5 Å². The largest absolute Gasteiger partial charge is 0.329 e. The van der Waals surface area contributed by atoms with Gasteiger partial charge in [-0.25, -0.2) is 0 Å². The van der Waals surface area contributed by atoms with Crippen LogP contribution in [0.5, 0.6) is 0 Å². The van der Waals surface area contributed by atoms with Gasteiger partial charge in [0.1, 0.15) is 0 Å². The summed E-state index contributed by atoms with van der Waals surface area (Å²) in [5.74, 6) is 0. The molecule has 0 aliphatic heterocycles. The van der Waals surface area contributed by atoms with E-state index in [1.807, 2.05) is 18.2 Å². The zero-order valence-electron chi connectivity index (χ0n) is 9.33. The molecule has 0 aromatic heterocycles. The molecular weight excluding hydrogens is 186 g/mol. The maximum absolute atomic E-state index is 10.3. The van der Waals surface area contributed by atoms with Crippen LogP contribution in [0.1, 0.15) is 38.2 Å². The van der Waals surface area contributed by atoms with Gasteiger partial charge in [-0.2, -0.15) is 0 Å². The fraction of sp³-hybridized carbons (Fsp3) is 0.462. The quantitative estimate of drug-likeness (QED) is 0.536. The Kier molecular flexibility index (Phi) is 5.52. The summed E-state index contributed by atoms with van der Waals surface area (Å²) in [4.78, 5) is 10.3. The van der Waals surface area contributed by atoms with Crippen molar-refractivity contribution in [2.75, 3.05) is 5.32 Å². The zero-order valence-corrected chi connectivity index (χ0v) is 9.33. The summed E-state index contributed by atoms with van der Waals surface area (Å²) in [7, 11) is 0. The van der Waals surface area contributed by atoms with E-state index in [-0.39, 0.29) is 0 Å². The van der Waals surface area contributed by atoms with Crippen molar-refractivity contribution in [3.05, 3.63) is 29.8 Å². The number of unbranched alkanes of at least 4 members (excludes halogenated alkanes) is 3. The Labute approximate surface area is 91.7 Å². The lowest BCUT2D eigenvalue weighted by atomic mass is 10.1. The van der Waals surface area contributed by atoms with E-state index in [4.69, 9.17) is 0 Å². The van der Waals surface area contributed by atoms with Gasteiger partial charge >= 0.3 is 0 Å². The summed E-state index contributed by atoms with van der Waals surface area (Å²) in [6.07, 6.45) is 6.93. The standard InChI is InChI=1S/C13H19NO/c1-2-3-4-5-7-12-8-6-9-13(10-12)14-11-15/h6,8-11H,2-5,7H2,1H3,(H,14,15). The van der Waals surface area contributed by atoms with Gasteiger partial charge in [-0.1, -0.05) is 38.3 Å². The number of benzene rings is 1. The van der Waals surface area contributed by atoms with Crippen LogP contribution >= 0.6 is 0 Å². The summed E-state index contributed by atoms with van der Waals surface area (Å²) < 4.78 is 0. The fourth-order valence-corrected chi connectivity index (χ4v) is 1.64. The second-order valence-electron chi connectivity index (χ2n) is 3.77. The lowest BCUT2D eigenvalue weighted by Crippen LogP contribution is -1.94. The van der Waals surface area contributed by atoms with E-state index in [1.54, 1.807) is 0 Å². The van der Waals surface area contributed by atoms with E-state index >= 15 is 0 Å². The monoisotopic (exact) mass is 205 g/mol. The van der Waals surface area contributed by atoms with Gasteiger partial charge in [0.2, 0.25) is 6.41 Å². The van der Waals surface area contributed by atoms with Crippen molar-refractivity contribution in [2.24, 2.45) is 0 Å². The lowest BCUT2D eigenvalue weighted by molar-refractivity contribution is -0.105. The molecule has 0 unspecified atom stereocenters. The van der Waals surface area contributed by atoms with Crippen LogP contribution in [0.2, 0.25) is 0 Å². The van der Waals surface area contributed by atoms with E-state index in [2.05, 4.69) is 18.3 Å². The summed E-state index contributed by atoms with van der Waals surface area (Å²) in [5.41, 5.74) is 2.19. The van der Waals surface area contributed by atoms with E-state index in [0.717, 1.165) is 18.5 Å². The van der Waals surface area contributed by atoms with Crippen molar-refractivity contribution in [1.82, 2.24) is 0 Å². The normalized spacial score (nSPS) is 9.93. The average molecular weight is 205 g/mol. The van der Waals surface area contributed by atoms with E-state index < -0.39 is 0 Å². The van der Waals surface area contributed by atoms with Crippen molar-refractivity contribution in [1.29, 1.82) is 0 Å². The van der Waals surface area contributed by atoms with E-state index in [0.29, 0.717) is 0 Å². The van der Waals surface area contributed by atoms with Crippen molar-refractivity contribution in [3.8, 4) is 0 Å². The molecule has 0 spiro atoms. The zero-order chi connectivity index (χ0) is 10.9. The minimum atomic E-state index is 0.718. The minimum absolute atomic E-state index is 0.718. The van der Waals surface area contributed by atoms with Gasteiger partial charge in [-0.15, -0.1) is 0 Å².